The minimum atomic E-state index is 0.0146. The van der Waals surface area contributed by atoms with Gasteiger partial charge in [-0.1, -0.05) is 20.8 Å². The van der Waals surface area contributed by atoms with Crippen LogP contribution in [0.15, 0.2) is 12.1 Å². The molecule has 2 N–H and O–H groups in total. The number of hydrogen-bond donors (Lipinski definition) is 2. The minimum Gasteiger partial charge on any atom is -0.370 e. The van der Waals surface area contributed by atoms with E-state index in [9.17, 15) is 4.79 Å². The van der Waals surface area contributed by atoms with Crippen molar-refractivity contribution in [2.75, 3.05) is 18.4 Å². The molecule has 20 heavy (non-hydrogen) atoms. The molecule has 110 valence electrons. The molecule has 1 saturated carbocycles. The molecule has 0 bridgehead atoms. The van der Waals surface area contributed by atoms with Crippen LogP contribution in [0.25, 0.3) is 0 Å². The first-order valence-electron chi connectivity index (χ1n) is 7.64. The Labute approximate surface area is 121 Å². The summed E-state index contributed by atoms with van der Waals surface area (Å²) in [6.07, 6.45) is 3.53. The fraction of sp³-hybridized carbons (Fsp3) is 0.625. The van der Waals surface area contributed by atoms with Crippen LogP contribution in [-0.4, -0.2) is 24.0 Å². The zero-order valence-corrected chi connectivity index (χ0v) is 12.7. The Balaban J connectivity index is 2.11. The van der Waals surface area contributed by atoms with Gasteiger partial charge in [-0.15, -0.1) is 0 Å². The molecule has 1 aliphatic carbocycles. The van der Waals surface area contributed by atoms with E-state index in [1.807, 2.05) is 12.1 Å². The first-order chi connectivity index (χ1) is 9.60. The topological polar surface area (TPSA) is 54.0 Å². The van der Waals surface area contributed by atoms with Crippen LogP contribution in [0.4, 0.5) is 5.82 Å². The predicted molar refractivity (Wildman–Crippen MR) is 82.2 cm³/mol. The first-order valence-corrected chi connectivity index (χ1v) is 7.64. The van der Waals surface area contributed by atoms with E-state index in [2.05, 4.69) is 36.4 Å². The van der Waals surface area contributed by atoms with E-state index in [0.29, 0.717) is 17.4 Å². The maximum Gasteiger partial charge on any atom is 0.251 e. The molecule has 0 atom stereocenters. The lowest BCUT2D eigenvalue weighted by Gasteiger charge is -2.12. The number of pyridine rings is 1. The monoisotopic (exact) mass is 275 g/mol. The molecule has 0 aliphatic heterocycles. The van der Waals surface area contributed by atoms with Gasteiger partial charge in [0, 0.05) is 24.3 Å². The molecule has 0 radical (unpaired) electrons. The zero-order chi connectivity index (χ0) is 14.5. The summed E-state index contributed by atoms with van der Waals surface area (Å²) in [5.74, 6) is 1.83. The molecule has 1 aromatic heterocycles. The van der Waals surface area contributed by atoms with Crippen molar-refractivity contribution in [2.24, 2.45) is 5.92 Å². The average Bonchev–Trinajstić information content (AvgIpc) is 3.26. The molecule has 1 heterocycles. The normalized spacial score (nSPS) is 14.4. The van der Waals surface area contributed by atoms with E-state index in [4.69, 9.17) is 0 Å². The van der Waals surface area contributed by atoms with Crippen molar-refractivity contribution < 1.29 is 4.79 Å². The van der Waals surface area contributed by atoms with Gasteiger partial charge in [-0.3, -0.25) is 4.79 Å². The van der Waals surface area contributed by atoms with Gasteiger partial charge in [-0.25, -0.2) is 4.98 Å². The quantitative estimate of drug-likeness (QED) is 0.803. The summed E-state index contributed by atoms with van der Waals surface area (Å²) >= 11 is 0. The van der Waals surface area contributed by atoms with Crippen LogP contribution >= 0.6 is 0 Å². The van der Waals surface area contributed by atoms with Crippen molar-refractivity contribution >= 4 is 11.7 Å². The SMILES string of the molecule is CCCNc1cc(C(=O)NCC2CC2)cc(C(C)C)n1. The first kappa shape index (κ1) is 14.8. The Bertz CT molecular complexity index is 467. The van der Waals surface area contributed by atoms with Gasteiger partial charge in [0.2, 0.25) is 0 Å². The molecule has 1 aliphatic rings. The van der Waals surface area contributed by atoms with E-state index in [1.165, 1.54) is 12.8 Å². The lowest BCUT2D eigenvalue weighted by molar-refractivity contribution is 0.0951. The molecule has 1 aromatic rings. The van der Waals surface area contributed by atoms with Crippen LogP contribution < -0.4 is 10.6 Å². The number of rotatable bonds is 7. The highest BCUT2D eigenvalue weighted by Gasteiger charge is 2.22. The number of nitrogens with one attached hydrogen (secondary N) is 2. The number of carbonyl (C=O) groups is 1. The van der Waals surface area contributed by atoms with Gasteiger partial charge in [0.15, 0.2) is 0 Å². The van der Waals surface area contributed by atoms with Gasteiger partial charge >= 0.3 is 0 Å². The smallest absolute Gasteiger partial charge is 0.251 e. The van der Waals surface area contributed by atoms with Gasteiger partial charge in [-0.05, 0) is 43.2 Å². The van der Waals surface area contributed by atoms with Crippen molar-refractivity contribution in [3.8, 4) is 0 Å². The number of amides is 1. The van der Waals surface area contributed by atoms with Crippen molar-refractivity contribution in [2.45, 2.75) is 46.0 Å². The highest BCUT2D eigenvalue weighted by atomic mass is 16.1. The molecule has 0 saturated heterocycles. The largest absolute Gasteiger partial charge is 0.370 e. The van der Waals surface area contributed by atoms with E-state index in [-0.39, 0.29) is 5.91 Å². The van der Waals surface area contributed by atoms with Gasteiger partial charge < -0.3 is 10.6 Å². The Kier molecular flexibility index (Phi) is 4.99. The lowest BCUT2D eigenvalue weighted by Crippen LogP contribution is -2.26. The van der Waals surface area contributed by atoms with Crippen LogP contribution in [0.3, 0.4) is 0 Å². The summed E-state index contributed by atoms with van der Waals surface area (Å²) in [7, 11) is 0. The fourth-order valence-electron chi connectivity index (χ4n) is 1.98. The van der Waals surface area contributed by atoms with E-state index >= 15 is 0 Å². The van der Waals surface area contributed by atoms with Gasteiger partial charge in [-0.2, -0.15) is 0 Å². The number of nitrogens with zero attached hydrogens (tertiary/aromatic N) is 1. The summed E-state index contributed by atoms with van der Waals surface area (Å²) in [6, 6.07) is 3.76. The predicted octanol–water partition coefficient (Wildman–Crippen LogP) is 3.17. The van der Waals surface area contributed by atoms with Crippen LogP contribution in [0.5, 0.6) is 0 Å². The van der Waals surface area contributed by atoms with Gasteiger partial charge in [0.1, 0.15) is 5.82 Å². The summed E-state index contributed by atoms with van der Waals surface area (Å²) in [6.45, 7) is 7.98. The Hall–Kier alpha value is -1.58. The van der Waals surface area contributed by atoms with E-state index < -0.39 is 0 Å². The number of aromatic nitrogens is 1. The van der Waals surface area contributed by atoms with E-state index in [0.717, 1.165) is 31.0 Å². The standard InChI is InChI=1S/C16H25N3O/c1-4-7-17-15-9-13(8-14(19-15)11(2)3)16(20)18-10-12-5-6-12/h8-9,11-12H,4-7,10H2,1-3H3,(H,17,19)(H,18,20). The highest BCUT2D eigenvalue weighted by molar-refractivity contribution is 5.95. The second kappa shape index (κ2) is 6.73. The van der Waals surface area contributed by atoms with Crippen LogP contribution in [-0.2, 0) is 0 Å². The van der Waals surface area contributed by atoms with Crippen molar-refractivity contribution in [3.05, 3.63) is 23.4 Å². The van der Waals surface area contributed by atoms with Crippen LogP contribution in [0.2, 0.25) is 0 Å². The van der Waals surface area contributed by atoms with Crippen molar-refractivity contribution in [3.63, 3.8) is 0 Å². The molecule has 2 rings (SSSR count). The van der Waals surface area contributed by atoms with Crippen LogP contribution in [0, 0.1) is 5.92 Å². The molecule has 0 unspecified atom stereocenters. The maximum atomic E-state index is 12.2. The molecule has 0 spiro atoms. The summed E-state index contributed by atoms with van der Waals surface area (Å²) in [4.78, 5) is 16.8. The zero-order valence-electron chi connectivity index (χ0n) is 12.7. The number of carbonyl (C=O) groups excluding carboxylic acids is 1. The van der Waals surface area contributed by atoms with Gasteiger partial charge in [0.05, 0.1) is 0 Å². The second-order valence-electron chi connectivity index (χ2n) is 5.90. The molecular formula is C16H25N3O. The molecular weight excluding hydrogens is 250 g/mol. The molecule has 4 heteroatoms. The second-order valence-corrected chi connectivity index (χ2v) is 5.90. The molecule has 1 amide bonds. The highest BCUT2D eigenvalue weighted by Crippen LogP contribution is 2.27. The number of anilines is 1. The summed E-state index contributed by atoms with van der Waals surface area (Å²) in [5.41, 5.74) is 1.67. The molecule has 0 aromatic carbocycles. The third-order valence-corrected chi connectivity index (χ3v) is 3.50. The third-order valence-electron chi connectivity index (χ3n) is 3.50. The Morgan fingerprint density at radius 3 is 2.75 bits per heavy atom. The lowest BCUT2D eigenvalue weighted by atomic mass is 10.1. The third kappa shape index (κ3) is 4.22. The summed E-state index contributed by atoms with van der Waals surface area (Å²) in [5, 5.41) is 6.29. The molecule has 4 nitrogen and oxygen atoms in total. The summed E-state index contributed by atoms with van der Waals surface area (Å²) < 4.78 is 0. The minimum absolute atomic E-state index is 0.0146. The van der Waals surface area contributed by atoms with Crippen molar-refractivity contribution in [1.82, 2.24) is 10.3 Å². The van der Waals surface area contributed by atoms with Crippen molar-refractivity contribution in [1.29, 1.82) is 0 Å². The Morgan fingerprint density at radius 2 is 2.15 bits per heavy atom. The fourth-order valence-corrected chi connectivity index (χ4v) is 1.98. The van der Waals surface area contributed by atoms with Crippen LogP contribution in [0.1, 0.15) is 62.0 Å². The molecule has 1 fully saturated rings. The maximum absolute atomic E-state index is 12.2. The van der Waals surface area contributed by atoms with Gasteiger partial charge in [0.25, 0.3) is 5.91 Å². The number of hydrogen-bond acceptors (Lipinski definition) is 3. The van der Waals surface area contributed by atoms with E-state index in [1.54, 1.807) is 0 Å². The average molecular weight is 275 g/mol. The Morgan fingerprint density at radius 1 is 1.40 bits per heavy atom.